The summed E-state index contributed by atoms with van der Waals surface area (Å²) in [6, 6.07) is 10.5. The highest BCUT2D eigenvalue weighted by Gasteiger charge is 2.06. The third-order valence-corrected chi connectivity index (χ3v) is 2.40. The van der Waals surface area contributed by atoms with Gasteiger partial charge in [0.25, 0.3) is 0 Å². The largest absolute Gasteiger partial charge is 0.457 e. The van der Waals surface area contributed by atoms with Crippen LogP contribution < -0.4 is 10.1 Å². The average Bonchev–Trinajstić information content (AvgIpc) is 2.30. The molecule has 0 amide bonds. The van der Waals surface area contributed by atoms with Gasteiger partial charge in [-0.2, -0.15) is 0 Å². The molecule has 0 saturated carbocycles. The fourth-order valence-electron chi connectivity index (χ4n) is 1.65. The number of halogens is 2. The number of ether oxygens (including phenoxy) is 1. The van der Waals surface area contributed by atoms with Crippen molar-refractivity contribution in [2.75, 3.05) is 7.05 Å². The van der Waals surface area contributed by atoms with Crippen LogP contribution in [0.5, 0.6) is 11.5 Å². The van der Waals surface area contributed by atoms with E-state index in [0.29, 0.717) is 12.3 Å². The fraction of sp³-hybridized carbons (Fsp3) is 0.143. The van der Waals surface area contributed by atoms with E-state index in [0.717, 1.165) is 23.8 Å². The van der Waals surface area contributed by atoms with Gasteiger partial charge in [0.05, 0.1) is 0 Å². The van der Waals surface area contributed by atoms with E-state index in [1.807, 2.05) is 25.2 Å². The lowest BCUT2D eigenvalue weighted by Crippen LogP contribution is -2.06. The molecular formula is C14H13F2NO. The molecule has 0 bridgehead atoms. The van der Waals surface area contributed by atoms with Crippen molar-refractivity contribution in [2.45, 2.75) is 6.54 Å². The molecule has 94 valence electrons. The van der Waals surface area contributed by atoms with E-state index >= 15 is 0 Å². The topological polar surface area (TPSA) is 21.3 Å². The number of para-hydroxylation sites is 1. The first-order chi connectivity index (χ1) is 8.69. The number of rotatable bonds is 4. The van der Waals surface area contributed by atoms with E-state index in [2.05, 4.69) is 5.32 Å². The van der Waals surface area contributed by atoms with Gasteiger partial charge in [-0.15, -0.1) is 0 Å². The Balaban J connectivity index is 2.27. The van der Waals surface area contributed by atoms with Gasteiger partial charge < -0.3 is 10.1 Å². The molecule has 0 aromatic heterocycles. The summed E-state index contributed by atoms with van der Waals surface area (Å²) in [4.78, 5) is 0. The quantitative estimate of drug-likeness (QED) is 0.895. The van der Waals surface area contributed by atoms with Crippen molar-refractivity contribution in [2.24, 2.45) is 0 Å². The Morgan fingerprint density at radius 1 is 1.06 bits per heavy atom. The Kier molecular flexibility index (Phi) is 3.89. The Bertz CT molecular complexity index is 523. The van der Waals surface area contributed by atoms with Crippen LogP contribution in [0.4, 0.5) is 8.78 Å². The van der Waals surface area contributed by atoms with E-state index in [1.165, 1.54) is 0 Å². The van der Waals surface area contributed by atoms with Gasteiger partial charge in [-0.3, -0.25) is 0 Å². The molecule has 1 N–H and O–H groups in total. The molecule has 0 aliphatic heterocycles. The molecule has 4 heteroatoms. The monoisotopic (exact) mass is 249 g/mol. The van der Waals surface area contributed by atoms with Crippen LogP contribution in [0.15, 0.2) is 42.5 Å². The Morgan fingerprint density at radius 2 is 1.72 bits per heavy atom. The summed E-state index contributed by atoms with van der Waals surface area (Å²) in [7, 11) is 1.82. The summed E-state index contributed by atoms with van der Waals surface area (Å²) in [5.41, 5.74) is 0.921. The molecule has 0 heterocycles. The van der Waals surface area contributed by atoms with Crippen molar-refractivity contribution < 1.29 is 13.5 Å². The van der Waals surface area contributed by atoms with Crippen molar-refractivity contribution in [3.63, 3.8) is 0 Å². The van der Waals surface area contributed by atoms with Gasteiger partial charge in [-0.05, 0) is 13.1 Å². The predicted octanol–water partition coefficient (Wildman–Crippen LogP) is 3.48. The standard InChI is InChI=1S/C14H13F2NO/c1-17-9-10-4-2-3-5-14(10)18-13-7-11(15)6-12(16)8-13/h2-8,17H,9H2,1H3. The van der Waals surface area contributed by atoms with E-state index in [9.17, 15) is 8.78 Å². The highest BCUT2D eigenvalue weighted by atomic mass is 19.1. The molecule has 0 unspecified atom stereocenters. The molecular weight excluding hydrogens is 236 g/mol. The Hall–Kier alpha value is -1.94. The molecule has 2 rings (SSSR count). The average molecular weight is 249 g/mol. The molecule has 0 atom stereocenters. The van der Waals surface area contributed by atoms with Crippen LogP contribution in [0.3, 0.4) is 0 Å². The second-order valence-electron chi connectivity index (χ2n) is 3.85. The first kappa shape index (κ1) is 12.5. The van der Waals surface area contributed by atoms with Crippen LogP contribution in [0.25, 0.3) is 0 Å². The first-order valence-corrected chi connectivity index (χ1v) is 5.55. The van der Waals surface area contributed by atoms with Gasteiger partial charge in [-0.1, -0.05) is 18.2 Å². The molecule has 0 saturated heterocycles. The van der Waals surface area contributed by atoms with Gasteiger partial charge in [0.15, 0.2) is 0 Å². The Labute approximate surface area is 104 Å². The maximum atomic E-state index is 13.0. The van der Waals surface area contributed by atoms with Crippen molar-refractivity contribution >= 4 is 0 Å². The summed E-state index contributed by atoms with van der Waals surface area (Å²) >= 11 is 0. The highest BCUT2D eigenvalue weighted by Crippen LogP contribution is 2.26. The van der Waals surface area contributed by atoms with Crippen molar-refractivity contribution in [3.05, 3.63) is 59.7 Å². The minimum absolute atomic E-state index is 0.149. The summed E-state index contributed by atoms with van der Waals surface area (Å²) in [6.45, 7) is 0.619. The van der Waals surface area contributed by atoms with Gasteiger partial charge in [0, 0.05) is 30.3 Å². The molecule has 2 aromatic carbocycles. The number of hydrogen-bond donors (Lipinski definition) is 1. The van der Waals surface area contributed by atoms with E-state index in [1.54, 1.807) is 6.07 Å². The second-order valence-corrected chi connectivity index (χ2v) is 3.85. The van der Waals surface area contributed by atoms with Gasteiger partial charge >= 0.3 is 0 Å². The van der Waals surface area contributed by atoms with Crippen LogP contribution in [-0.2, 0) is 6.54 Å². The zero-order valence-corrected chi connectivity index (χ0v) is 9.91. The minimum Gasteiger partial charge on any atom is -0.457 e. The maximum absolute atomic E-state index is 13.0. The number of hydrogen-bond acceptors (Lipinski definition) is 2. The second kappa shape index (κ2) is 5.60. The summed E-state index contributed by atoms with van der Waals surface area (Å²) in [6.07, 6.45) is 0. The SMILES string of the molecule is CNCc1ccccc1Oc1cc(F)cc(F)c1. The molecule has 0 spiro atoms. The first-order valence-electron chi connectivity index (χ1n) is 5.55. The summed E-state index contributed by atoms with van der Waals surface area (Å²) < 4.78 is 31.6. The summed E-state index contributed by atoms with van der Waals surface area (Å²) in [5.74, 6) is -0.583. The van der Waals surface area contributed by atoms with Crippen molar-refractivity contribution in [3.8, 4) is 11.5 Å². The summed E-state index contributed by atoms with van der Waals surface area (Å²) in [5, 5.41) is 3.00. The lowest BCUT2D eigenvalue weighted by molar-refractivity contribution is 0.461. The molecule has 2 aromatic rings. The minimum atomic E-state index is -0.656. The molecule has 18 heavy (non-hydrogen) atoms. The van der Waals surface area contributed by atoms with Crippen molar-refractivity contribution in [1.29, 1.82) is 0 Å². The third kappa shape index (κ3) is 3.05. The van der Waals surface area contributed by atoms with E-state index in [-0.39, 0.29) is 5.75 Å². The molecule has 0 aliphatic carbocycles. The lowest BCUT2D eigenvalue weighted by atomic mass is 10.2. The molecule has 0 radical (unpaired) electrons. The normalized spacial score (nSPS) is 10.4. The third-order valence-electron chi connectivity index (χ3n) is 2.40. The number of nitrogens with one attached hydrogen (secondary N) is 1. The molecule has 0 aliphatic rings. The van der Waals surface area contributed by atoms with Crippen LogP contribution in [0.2, 0.25) is 0 Å². The Morgan fingerprint density at radius 3 is 2.39 bits per heavy atom. The smallest absolute Gasteiger partial charge is 0.133 e. The predicted molar refractivity (Wildman–Crippen MR) is 65.6 cm³/mol. The lowest BCUT2D eigenvalue weighted by Gasteiger charge is -2.10. The highest BCUT2D eigenvalue weighted by molar-refractivity contribution is 5.38. The van der Waals surface area contributed by atoms with Crippen molar-refractivity contribution in [1.82, 2.24) is 5.32 Å². The van der Waals surface area contributed by atoms with Gasteiger partial charge in [0.1, 0.15) is 23.1 Å². The fourth-order valence-corrected chi connectivity index (χ4v) is 1.65. The zero-order valence-electron chi connectivity index (χ0n) is 9.91. The zero-order chi connectivity index (χ0) is 13.0. The van der Waals surface area contributed by atoms with Crippen LogP contribution in [0.1, 0.15) is 5.56 Å². The van der Waals surface area contributed by atoms with Crippen LogP contribution in [-0.4, -0.2) is 7.05 Å². The van der Waals surface area contributed by atoms with E-state index in [4.69, 9.17) is 4.74 Å². The van der Waals surface area contributed by atoms with Crippen LogP contribution in [0, 0.1) is 11.6 Å². The van der Waals surface area contributed by atoms with Gasteiger partial charge in [-0.25, -0.2) is 8.78 Å². The molecule has 2 nitrogen and oxygen atoms in total. The van der Waals surface area contributed by atoms with Crippen LogP contribution >= 0.6 is 0 Å². The van der Waals surface area contributed by atoms with E-state index < -0.39 is 11.6 Å². The van der Waals surface area contributed by atoms with Gasteiger partial charge in [0.2, 0.25) is 0 Å². The molecule has 0 fully saturated rings. The number of benzene rings is 2. The maximum Gasteiger partial charge on any atom is 0.133 e.